The van der Waals surface area contributed by atoms with Gasteiger partial charge >= 0.3 is 12.1 Å². The SMILES string of the molecule is O=C(Nc1nc(C(F)(F)F)c(C(=O)O)s1)/C(=N/OC1CCCC1)c1ccc(S(=O)(=O)C2CC2)cc1. The van der Waals surface area contributed by atoms with Gasteiger partial charge in [-0.2, -0.15) is 13.2 Å². The van der Waals surface area contributed by atoms with E-state index in [2.05, 4.69) is 15.5 Å². The van der Waals surface area contributed by atoms with E-state index in [0.717, 1.165) is 25.7 Å². The largest absolute Gasteiger partial charge is 0.477 e. The van der Waals surface area contributed by atoms with Crippen molar-refractivity contribution >= 4 is 43.9 Å². The van der Waals surface area contributed by atoms with Crippen LogP contribution in [0, 0.1) is 0 Å². The van der Waals surface area contributed by atoms with Gasteiger partial charge in [0.15, 0.2) is 26.4 Å². The molecule has 0 unspecified atom stereocenters. The summed E-state index contributed by atoms with van der Waals surface area (Å²) in [4.78, 5) is 31.9. The number of carbonyl (C=O) groups is 2. The minimum atomic E-state index is -5.03. The minimum absolute atomic E-state index is 0.0843. The molecule has 2 aliphatic carbocycles. The second-order valence-electron chi connectivity index (χ2n) is 8.17. The Morgan fingerprint density at radius 1 is 1.11 bits per heavy atom. The number of rotatable bonds is 8. The molecule has 1 aromatic carbocycles. The molecular formula is C21H20F3N3O6S2. The maximum absolute atomic E-state index is 13.1. The van der Waals surface area contributed by atoms with Crippen LogP contribution in [0.3, 0.4) is 0 Å². The third kappa shape index (κ3) is 5.64. The van der Waals surface area contributed by atoms with E-state index < -0.39 is 48.8 Å². The van der Waals surface area contributed by atoms with Crippen LogP contribution in [0.5, 0.6) is 0 Å². The number of hydrogen-bond acceptors (Lipinski definition) is 8. The molecule has 1 heterocycles. The first-order valence-electron chi connectivity index (χ1n) is 10.7. The number of carbonyl (C=O) groups excluding carboxylic acids is 1. The Morgan fingerprint density at radius 3 is 2.26 bits per heavy atom. The van der Waals surface area contributed by atoms with Crippen LogP contribution >= 0.6 is 11.3 Å². The first-order valence-corrected chi connectivity index (χ1v) is 13.0. The average molecular weight is 532 g/mol. The Labute approximate surface area is 201 Å². The highest BCUT2D eigenvalue weighted by Gasteiger charge is 2.40. The summed E-state index contributed by atoms with van der Waals surface area (Å²) in [7, 11) is -3.47. The molecule has 0 atom stereocenters. The molecule has 2 N–H and O–H groups in total. The summed E-state index contributed by atoms with van der Waals surface area (Å²) in [6.07, 6.45) is -0.803. The number of sulfone groups is 1. The Kier molecular flexibility index (Phi) is 6.86. The van der Waals surface area contributed by atoms with Gasteiger partial charge in [0.25, 0.3) is 5.91 Å². The molecule has 0 aliphatic heterocycles. The molecule has 0 radical (unpaired) electrons. The van der Waals surface area contributed by atoms with Gasteiger partial charge in [0.05, 0.1) is 10.1 Å². The molecule has 0 saturated heterocycles. The number of halogens is 3. The van der Waals surface area contributed by atoms with E-state index in [4.69, 9.17) is 9.94 Å². The van der Waals surface area contributed by atoms with E-state index in [0.29, 0.717) is 12.8 Å². The first kappa shape index (κ1) is 25.1. The van der Waals surface area contributed by atoms with Crippen molar-refractivity contribution in [3.8, 4) is 0 Å². The Bertz CT molecular complexity index is 1260. The summed E-state index contributed by atoms with van der Waals surface area (Å²) in [5.41, 5.74) is -1.77. The van der Waals surface area contributed by atoms with Gasteiger partial charge in [-0.05, 0) is 50.7 Å². The molecule has 0 spiro atoms. The summed E-state index contributed by atoms with van der Waals surface area (Å²) in [6.45, 7) is 0. The Hall–Kier alpha value is -3.00. The van der Waals surface area contributed by atoms with Crippen LogP contribution in [0.2, 0.25) is 0 Å². The molecule has 2 saturated carbocycles. The molecule has 0 bridgehead atoms. The lowest BCUT2D eigenvalue weighted by atomic mass is 10.1. The summed E-state index contributed by atoms with van der Waals surface area (Å²) < 4.78 is 64.3. The second kappa shape index (κ2) is 9.57. The molecule has 2 aliphatic rings. The van der Waals surface area contributed by atoms with Crippen LogP contribution in [0.4, 0.5) is 18.3 Å². The topological polar surface area (TPSA) is 135 Å². The first-order chi connectivity index (χ1) is 16.5. The highest BCUT2D eigenvalue weighted by Crippen LogP contribution is 2.36. The van der Waals surface area contributed by atoms with Gasteiger partial charge in [-0.15, -0.1) is 0 Å². The maximum atomic E-state index is 13.1. The fourth-order valence-corrected chi connectivity index (χ4v) is 6.06. The van der Waals surface area contributed by atoms with E-state index in [9.17, 15) is 31.2 Å². The molecule has 9 nitrogen and oxygen atoms in total. The number of nitrogens with zero attached hydrogens (tertiary/aromatic N) is 2. The van der Waals surface area contributed by atoms with Crippen LogP contribution in [0.15, 0.2) is 34.3 Å². The van der Waals surface area contributed by atoms with Gasteiger partial charge in [-0.3, -0.25) is 10.1 Å². The van der Waals surface area contributed by atoms with Gasteiger partial charge in [0.1, 0.15) is 11.0 Å². The quantitative estimate of drug-likeness (QED) is 0.387. The molecule has 35 heavy (non-hydrogen) atoms. The number of thiazole rings is 1. The van der Waals surface area contributed by atoms with Crippen molar-refractivity contribution in [1.82, 2.24) is 4.98 Å². The van der Waals surface area contributed by atoms with E-state index in [1.807, 2.05) is 0 Å². The van der Waals surface area contributed by atoms with Gasteiger partial charge < -0.3 is 9.94 Å². The van der Waals surface area contributed by atoms with E-state index in [1.165, 1.54) is 24.3 Å². The summed E-state index contributed by atoms with van der Waals surface area (Å²) >= 11 is 0.157. The molecule has 188 valence electrons. The lowest BCUT2D eigenvalue weighted by molar-refractivity contribution is -0.141. The van der Waals surface area contributed by atoms with Crippen molar-refractivity contribution in [2.45, 2.75) is 61.0 Å². The standard InChI is InChI=1S/C21H20F3N3O6S2/c22-21(23,24)17-16(19(29)30)34-20(25-17)26-18(28)15(27-33-12-3-1-2-4-12)11-5-7-13(8-6-11)35(31,32)14-9-10-14/h5-8,12,14H,1-4,9-10H2,(H,29,30)(H,25,26,28)/b27-15+. The van der Waals surface area contributed by atoms with Gasteiger partial charge in [0, 0.05) is 5.56 Å². The smallest absolute Gasteiger partial charge is 0.435 e. The zero-order valence-electron chi connectivity index (χ0n) is 18.0. The molecule has 1 aromatic heterocycles. The molecular weight excluding hydrogens is 511 g/mol. The van der Waals surface area contributed by atoms with E-state index in [-0.39, 0.29) is 33.6 Å². The number of anilines is 1. The minimum Gasteiger partial charge on any atom is -0.477 e. The summed E-state index contributed by atoms with van der Waals surface area (Å²) in [5, 5.41) is 14.1. The van der Waals surface area contributed by atoms with Crippen LogP contribution < -0.4 is 5.32 Å². The highest BCUT2D eigenvalue weighted by atomic mass is 32.2. The number of carboxylic acids is 1. The third-order valence-corrected chi connectivity index (χ3v) is 8.78. The maximum Gasteiger partial charge on any atom is 0.435 e. The number of hydrogen-bond donors (Lipinski definition) is 2. The molecule has 2 fully saturated rings. The number of carboxylic acid groups (broad SMARTS) is 1. The Balaban J connectivity index is 1.62. The van der Waals surface area contributed by atoms with E-state index >= 15 is 0 Å². The van der Waals surface area contributed by atoms with Gasteiger partial charge in [0.2, 0.25) is 0 Å². The number of amides is 1. The normalized spacial score (nSPS) is 17.4. The fourth-order valence-electron chi connectivity index (χ4n) is 3.59. The van der Waals surface area contributed by atoms with Crippen molar-refractivity contribution in [1.29, 1.82) is 0 Å². The monoisotopic (exact) mass is 531 g/mol. The molecule has 2 aromatic rings. The van der Waals surface area contributed by atoms with Crippen LogP contribution in [-0.4, -0.2) is 47.5 Å². The van der Waals surface area contributed by atoms with Crippen molar-refractivity contribution in [2.24, 2.45) is 5.16 Å². The molecule has 1 amide bonds. The number of benzene rings is 1. The number of aromatic nitrogens is 1. The average Bonchev–Trinajstić information content (AvgIpc) is 3.36. The van der Waals surface area contributed by atoms with Crippen molar-refractivity contribution < 1.29 is 41.1 Å². The van der Waals surface area contributed by atoms with E-state index in [1.54, 1.807) is 0 Å². The van der Waals surface area contributed by atoms with Gasteiger partial charge in [-0.25, -0.2) is 18.2 Å². The fraction of sp³-hybridized carbons (Fsp3) is 0.429. The number of aromatic carboxylic acids is 1. The van der Waals surface area contributed by atoms with Gasteiger partial charge in [-0.1, -0.05) is 28.6 Å². The zero-order chi connectivity index (χ0) is 25.4. The van der Waals surface area contributed by atoms with Crippen LogP contribution in [0.1, 0.15) is 59.5 Å². The third-order valence-electron chi connectivity index (χ3n) is 5.54. The lowest BCUT2D eigenvalue weighted by Crippen LogP contribution is -2.25. The number of oxime groups is 1. The number of alkyl halides is 3. The van der Waals surface area contributed by atoms with Crippen molar-refractivity contribution in [2.75, 3.05) is 5.32 Å². The van der Waals surface area contributed by atoms with Crippen LogP contribution in [-0.2, 0) is 25.6 Å². The Morgan fingerprint density at radius 2 is 1.74 bits per heavy atom. The predicted molar refractivity (Wildman–Crippen MR) is 119 cm³/mol. The summed E-state index contributed by atoms with van der Waals surface area (Å²) in [5.74, 6) is -2.82. The lowest BCUT2D eigenvalue weighted by Gasteiger charge is -2.11. The molecule has 4 rings (SSSR count). The number of nitrogens with one attached hydrogen (secondary N) is 1. The van der Waals surface area contributed by atoms with Crippen LogP contribution in [0.25, 0.3) is 0 Å². The highest BCUT2D eigenvalue weighted by molar-refractivity contribution is 7.92. The van der Waals surface area contributed by atoms with Crippen molar-refractivity contribution in [3.05, 3.63) is 40.4 Å². The second-order valence-corrected chi connectivity index (χ2v) is 11.4. The molecule has 14 heteroatoms. The zero-order valence-corrected chi connectivity index (χ0v) is 19.7. The summed E-state index contributed by atoms with van der Waals surface area (Å²) in [6, 6.07) is 5.37. The predicted octanol–water partition coefficient (Wildman–Crippen LogP) is 4.10. The van der Waals surface area contributed by atoms with Crippen molar-refractivity contribution in [3.63, 3.8) is 0 Å².